The van der Waals surface area contributed by atoms with Crippen molar-refractivity contribution in [2.24, 2.45) is 0 Å². The molecule has 1 unspecified atom stereocenters. The second-order valence-corrected chi connectivity index (χ2v) is 4.53. The molecule has 1 atom stereocenters. The third-order valence-electron chi connectivity index (χ3n) is 2.76. The van der Waals surface area contributed by atoms with Crippen LogP contribution >= 0.6 is 0 Å². The molecule has 0 aliphatic heterocycles. The number of nitrogens with zero attached hydrogens (tertiary/aromatic N) is 2. The van der Waals surface area contributed by atoms with Gasteiger partial charge < -0.3 is 5.32 Å². The molecule has 0 radical (unpaired) electrons. The Morgan fingerprint density at radius 1 is 1.50 bits per heavy atom. The van der Waals surface area contributed by atoms with Crippen molar-refractivity contribution in [1.29, 1.82) is 0 Å². The highest BCUT2D eigenvalue weighted by Crippen LogP contribution is 2.33. The first-order valence-corrected chi connectivity index (χ1v) is 6.23. The lowest BCUT2D eigenvalue weighted by Crippen LogP contribution is -2.17. The molecule has 1 aromatic rings. The summed E-state index contributed by atoms with van der Waals surface area (Å²) in [6, 6.07) is 0.526. The molecule has 0 aliphatic rings. The molecule has 0 aromatic carbocycles. The van der Waals surface area contributed by atoms with Crippen molar-refractivity contribution in [3.63, 3.8) is 0 Å². The Morgan fingerprint density at radius 3 is 2.65 bits per heavy atom. The number of pyridine rings is 1. The van der Waals surface area contributed by atoms with Crippen molar-refractivity contribution in [3.05, 3.63) is 28.1 Å². The molecular formula is C12H16F3N3O2. The summed E-state index contributed by atoms with van der Waals surface area (Å²) < 4.78 is 37.7. The monoisotopic (exact) mass is 291 g/mol. The lowest BCUT2D eigenvalue weighted by Gasteiger charge is -2.16. The first kappa shape index (κ1) is 16.2. The van der Waals surface area contributed by atoms with E-state index >= 15 is 0 Å². The topological polar surface area (TPSA) is 68.1 Å². The molecule has 0 spiro atoms. The first-order valence-electron chi connectivity index (χ1n) is 6.23. The highest BCUT2D eigenvalue weighted by Gasteiger charge is 2.34. The molecule has 0 saturated heterocycles. The lowest BCUT2D eigenvalue weighted by molar-refractivity contribution is -0.384. The third kappa shape index (κ3) is 4.36. The number of rotatable bonds is 6. The Kier molecular flexibility index (Phi) is 5.29. The third-order valence-corrected chi connectivity index (χ3v) is 2.76. The highest BCUT2D eigenvalue weighted by atomic mass is 19.4. The lowest BCUT2D eigenvalue weighted by atomic mass is 10.1. The van der Waals surface area contributed by atoms with Crippen molar-refractivity contribution in [3.8, 4) is 0 Å². The molecule has 20 heavy (non-hydrogen) atoms. The Hall–Kier alpha value is -1.86. The zero-order valence-electron chi connectivity index (χ0n) is 11.2. The average Bonchev–Trinajstić information content (AvgIpc) is 2.34. The van der Waals surface area contributed by atoms with Crippen LogP contribution in [-0.4, -0.2) is 15.9 Å². The molecule has 112 valence electrons. The summed E-state index contributed by atoms with van der Waals surface area (Å²) in [4.78, 5) is 13.2. The number of hydrogen-bond donors (Lipinski definition) is 1. The molecule has 8 heteroatoms. The molecule has 1 heterocycles. The zero-order valence-corrected chi connectivity index (χ0v) is 11.2. The fourth-order valence-electron chi connectivity index (χ4n) is 1.71. The fourth-order valence-corrected chi connectivity index (χ4v) is 1.71. The van der Waals surface area contributed by atoms with Crippen molar-refractivity contribution in [2.75, 3.05) is 5.32 Å². The highest BCUT2D eigenvalue weighted by molar-refractivity contribution is 5.61. The smallest absolute Gasteiger partial charge is 0.377 e. The Labute approximate surface area is 114 Å². The van der Waals surface area contributed by atoms with Crippen molar-refractivity contribution >= 4 is 11.4 Å². The molecule has 0 amide bonds. The normalized spacial score (nSPS) is 13.1. The maximum absolute atomic E-state index is 12.6. The summed E-state index contributed by atoms with van der Waals surface area (Å²) in [6.45, 7) is 3.76. The van der Waals surface area contributed by atoms with Crippen LogP contribution in [0.5, 0.6) is 0 Å². The van der Waals surface area contributed by atoms with Crippen LogP contribution in [0.15, 0.2) is 12.3 Å². The minimum Gasteiger partial charge on any atom is -0.377 e. The van der Waals surface area contributed by atoms with E-state index in [4.69, 9.17) is 0 Å². The van der Waals surface area contributed by atoms with Crippen molar-refractivity contribution in [2.45, 2.75) is 45.3 Å². The van der Waals surface area contributed by atoms with Gasteiger partial charge in [-0.15, -0.1) is 0 Å². The van der Waals surface area contributed by atoms with E-state index in [1.807, 2.05) is 6.92 Å². The van der Waals surface area contributed by atoms with E-state index < -0.39 is 22.5 Å². The molecule has 0 aliphatic carbocycles. The van der Waals surface area contributed by atoms with Gasteiger partial charge in [0.15, 0.2) is 0 Å². The van der Waals surface area contributed by atoms with Crippen LogP contribution in [0.4, 0.5) is 24.5 Å². The van der Waals surface area contributed by atoms with Gasteiger partial charge in [-0.3, -0.25) is 10.1 Å². The van der Waals surface area contributed by atoms with Gasteiger partial charge in [-0.2, -0.15) is 13.2 Å². The van der Waals surface area contributed by atoms with Crippen LogP contribution in [0, 0.1) is 10.1 Å². The predicted molar refractivity (Wildman–Crippen MR) is 68.5 cm³/mol. The molecule has 5 nitrogen and oxygen atoms in total. The van der Waals surface area contributed by atoms with Gasteiger partial charge in [0, 0.05) is 6.04 Å². The summed E-state index contributed by atoms with van der Waals surface area (Å²) in [7, 11) is 0. The van der Waals surface area contributed by atoms with Crippen molar-refractivity contribution in [1.82, 2.24) is 4.98 Å². The van der Waals surface area contributed by atoms with Gasteiger partial charge in [0.1, 0.15) is 17.6 Å². The summed E-state index contributed by atoms with van der Waals surface area (Å²) in [5, 5.41) is 13.6. The van der Waals surface area contributed by atoms with Gasteiger partial charge in [-0.1, -0.05) is 19.8 Å². The first-order chi connectivity index (χ1) is 9.25. The Balaban J connectivity index is 3.03. The maximum Gasteiger partial charge on any atom is 0.433 e. The van der Waals surface area contributed by atoms with Crippen LogP contribution in [0.1, 0.15) is 38.8 Å². The van der Waals surface area contributed by atoms with Crippen LogP contribution in [0.25, 0.3) is 0 Å². The van der Waals surface area contributed by atoms with Gasteiger partial charge >= 0.3 is 11.9 Å². The quantitative estimate of drug-likeness (QED) is 0.635. The molecule has 1 rings (SSSR count). The molecule has 0 bridgehead atoms. The number of unbranched alkanes of at least 4 members (excludes halogenated alkanes) is 1. The van der Waals surface area contributed by atoms with Crippen LogP contribution in [0.3, 0.4) is 0 Å². The average molecular weight is 291 g/mol. The number of hydrogen-bond acceptors (Lipinski definition) is 4. The Bertz CT molecular complexity index is 478. The van der Waals surface area contributed by atoms with E-state index in [2.05, 4.69) is 10.3 Å². The van der Waals surface area contributed by atoms with E-state index in [1.54, 1.807) is 6.92 Å². The summed E-state index contributed by atoms with van der Waals surface area (Å²) in [5.41, 5.74) is -1.75. The van der Waals surface area contributed by atoms with Gasteiger partial charge in [0.05, 0.1) is 4.92 Å². The Morgan fingerprint density at radius 2 is 2.15 bits per heavy atom. The van der Waals surface area contributed by atoms with Gasteiger partial charge in [0.25, 0.3) is 0 Å². The molecule has 0 saturated carbocycles. The number of nitrogens with one attached hydrogen (secondary N) is 1. The van der Waals surface area contributed by atoms with E-state index in [1.165, 1.54) is 0 Å². The second-order valence-electron chi connectivity index (χ2n) is 4.53. The number of alkyl halides is 3. The van der Waals surface area contributed by atoms with Crippen LogP contribution in [-0.2, 0) is 6.18 Å². The number of anilines is 1. The van der Waals surface area contributed by atoms with Gasteiger partial charge in [0.2, 0.25) is 0 Å². The molecular weight excluding hydrogens is 275 g/mol. The molecule has 1 aromatic heterocycles. The number of aromatic nitrogens is 1. The summed E-state index contributed by atoms with van der Waals surface area (Å²) in [5.74, 6) is 0. The van der Waals surface area contributed by atoms with Crippen LogP contribution < -0.4 is 5.32 Å². The summed E-state index contributed by atoms with van der Waals surface area (Å²) in [6.07, 6.45) is -1.44. The largest absolute Gasteiger partial charge is 0.433 e. The minimum atomic E-state index is -4.63. The SMILES string of the molecule is CCCCC(C)Nc1cc(C(F)(F)F)ncc1[N+](=O)[O-]. The van der Waals surface area contributed by atoms with E-state index in [0.29, 0.717) is 12.3 Å². The van der Waals surface area contributed by atoms with Gasteiger partial charge in [-0.05, 0) is 19.4 Å². The molecule has 1 N–H and O–H groups in total. The summed E-state index contributed by atoms with van der Waals surface area (Å²) >= 11 is 0. The van der Waals surface area contributed by atoms with Crippen molar-refractivity contribution < 1.29 is 18.1 Å². The second kappa shape index (κ2) is 6.53. The van der Waals surface area contributed by atoms with E-state index in [9.17, 15) is 23.3 Å². The van der Waals surface area contributed by atoms with Crippen LogP contribution in [0.2, 0.25) is 0 Å². The van der Waals surface area contributed by atoms with Gasteiger partial charge in [-0.25, -0.2) is 4.98 Å². The maximum atomic E-state index is 12.6. The standard InChI is InChI=1S/C12H16F3N3O2/c1-3-4-5-8(2)17-9-6-11(12(13,14)15)16-7-10(9)18(19)20/h6-8H,3-5H2,1-2H3,(H,16,17). The fraction of sp³-hybridized carbons (Fsp3) is 0.583. The number of nitro groups is 1. The predicted octanol–water partition coefficient (Wildman–Crippen LogP) is 4.00. The number of halogens is 3. The minimum absolute atomic E-state index is 0.152. The van der Waals surface area contributed by atoms with E-state index in [0.717, 1.165) is 19.3 Å². The zero-order chi connectivity index (χ0) is 15.3. The van der Waals surface area contributed by atoms with E-state index in [-0.39, 0.29) is 11.7 Å². The molecule has 0 fully saturated rings.